The van der Waals surface area contributed by atoms with Crippen molar-refractivity contribution >= 4 is 30.0 Å². The lowest BCUT2D eigenvalue weighted by Gasteiger charge is -2.12. The second-order valence-electron chi connectivity index (χ2n) is 3.25. The Morgan fingerprint density at radius 1 is 1.40 bits per heavy atom. The molecule has 1 atom stereocenters. The molecule has 0 aliphatic carbocycles. The van der Waals surface area contributed by atoms with Crippen LogP contribution in [0.1, 0.15) is 6.92 Å². The van der Waals surface area contributed by atoms with Crippen LogP contribution in [0.4, 0.5) is 5.69 Å². The first kappa shape index (κ1) is 10.2. The topological polar surface area (TPSA) is 36.8 Å². The molecule has 1 aromatic rings. The normalized spacial score (nSPS) is 24.7. The van der Waals surface area contributed by atoms with Gasteiger partial charge in [-0.05, 0) is 19.1 Å². The molecule has 4 heteroatoms. The summed E-state index contributed by atoms with van der Waals surface area (Å²) in [5, 5.41) is 3.62. The van der Waals surface area contributed by atoms with E-state index in [0.29, 0.717) is 11.9 Å². The van der Waals surface area contributed by atoms with Crippen LogP contribution >= 0.6 is 11.8 Å². The Morgan fingerprint density at radius 3 is 3.20 bits per heavy atom. The lowest BCUT2D eigenvalue weighted by atomic mass is 10.3. The zero-order valence-corrected chi connectivity index (χ0v) is 9.37. The minimum atomic E-state index is 0.359. The van der Waals surface area contributed by atoms with Crippen molar-refractivity contribution < 1.29 is 0 Å². The van der Waals surface area contributed by atoms with Crippen molar-refractivity contribution in [2.75, 3.05) is 12.0 Å². The monoisotopic (exact) mass is 219 g/mol. The van der Waals surface area contributed by atoms with Crippen LogP contribution in [-0.2, 0) is 0 Å². The standard InChI is InChI=1S/C11H13N3S/c1-9-6-12-7-13-8-14-10-4-2-3-5-11(10)15-9/h2-7,9,14H,8H2,1H3/b12-6-,13-7-. The maximum absolute atomic E-state index is 4.12. The molecule has 15 heavy (non-hydrogen) atoms. The Hall–Kier alpha value is -1.29. The second kappa shape index (κ2) is 4.98. The van der Waals surface area contributed by atoms with Crippen molar-refractivity contribution in [1.82, 2.24) is 0 Å². The quantitative estimate of drug-likeness (QED) is 0.728. The fourth-order valence-corrected chi connectivity index (χ4v) is 2.28. The highest BCUT2D eigenvalue weighted by Gasteiger charge is 2.06. The molecule has 3 nitrogen and oxygen atoms in total. The van der Waals surface area contributed by atoms with Gasteiger partial charge >= 0.3 is 0 Å². The van der Waals surface area contributed by atoms with Gasteiger partial charge in [0.25, 0.3) is 0 Å². The summed E-state index contributed by atoms with van der Waals surface area (Å²) in [5.74, 6) is 0. The van der Waals surface area contributed by atoms with Gasteiger partial charge in [0.15, 0.2) is 0 Å². The van der Waals surface area contributed by atoms with E-state index in [2.05, 4.69) is 34.4 Å². The SMILES string of the molecule is CC1/C=N\C=N/CNc2ccccc2S1. The van der Waals surface area contributed by atoms with Gasteiger partial charge in [-0.3, -0.25) is 4.99 Å². The second-order valence-corrected chi connectivity index (χ2v) is 4.67. The zero-order valence-electron chi connectivity index (χ0n) is 8.55. The van der Waals surface area contributed by atoms with Crippen LogP contribution < -0.4 is 5.32 Å². The number of rotatable bonds is 0. The summed E-state index contributed by atoms with van der Waals surface area (Å²) in [4.78, 5) is 9.48. The van der Waals surface area contributed by atoms with Crippen LogP contribution in [-0.4, -0.2) is 24.5 Å². The third-order valence-electron chi connectivity index (χ3n) is 2.01. The van der Waals surface area contributed by atoms with Gasteiger partial charge in [-0.15, -0.1) is 11.8 Å². The van der Waals surface area contributed by atoms with Gasteiger partial charge in [0.05, 0.1) is 0 Å². The van der Waals surface area contributed by atoms with Gasteiger partial charge in [-0.1, -0.05) is 12.1 Å². The first-order valence-electron chi connectivity index (χ1n) is 4.87. The summed E-state index contributed by atoms with van der Waals surface area (Å²) in [5.41, 5.74) is 1.14. The highest BCUT2D eigenvalue weighted by atomic mass is 32.2. The number of fused-ring (bicyclic) bond motifs is 1. The van der Waals surface area contributed by atoms with Gasteiger partial charge in [0.2, 0.25) is 0 Å². The molecule has 1 heterocycles. The van der Waals surface area contributed by atoms with Crippen LogP contribution in [0.25, 0.3) is 0 Å². The Labute approximate surface area is 93.7 Å². The Morgan fingerprint density at radius 2 is 2.27 bits per heavy atom. The smallest absolute Gasteiger partial charge is 0.111 e. The van der Waals surface area contributed by atoms with Crippen LogP contribution in [0.2, 0.25) is 0 Å². The van der Waals surface area contributed by atoms with Crippen molar-refractivity contribution in [3.63, 3.8) is 0 Å². The molecule has 0 amide bonds. The number of nitrogens with one attached hydrogen (secondary N) is 1. The van der Waals surface area contributed by atoms with E-state index in [1.807, 2.05) is 18.3 Å². The molecule has 0 radical (unpaired) electrons. The third kappa shape index (κ3) is 2.83. The fraction of sp³-hybridized carbons (Fsp3) is 0.273. The van der Waals surface area contributed by atoms with E-state index in [4.69, 9.17) is 0 Å². The van der Waals surface area contributed by atoms with Gasteiger partial charge in [0.1, 0.15) is 13.0 Å². The summed E-state index contributed by atoms with van der Waals surface area (Å²) < 4.78 is 0. The maximum atomic E-state index is 4.12. The minimum Gasteiger partial charge on any atom is -0.365 e. The molecule has 0 fully saturated rings. The van der Waals surface area contributed by atoms with Gasteiger partial charge in [-0.2, -0.15) is 0 Å². The number of nitrogens with zero attached hydrogens (tertiary/aromatic N) is 2. The highest BCUT2D eigenvalue weighted by Crippen LogP contribution is 2.29. The van der Waals surface area contributed by atoms with Gasteiger partial charge in [-0.25, -0.2) is 4.99 Å². The molecule has 0 bridgehead atoms. The number of thioether (sulfide) groups is 1. The Balaban J connectivity index is 2.28. The van der Waals surface area contributed by atoms with Crippen LogP contribution in [0.5, 0.6) is 0 Å². The van der Waals surface area contributed by atoms with Crippen molar-refractivity contribution in [3.8, 4) is 0 Å². The molecule has 0 aromatic heterocycles. The van der Waals surface area contributed by atoms with E-state index in [0.717, 1.165) is 5.69 Å². The molecule has 0 saturated heterocycles. The first-order valence-corrected chi connectivity index (χ1v) is 5.75. The molecule has 1 unspecified atom stereocenters. The largest absolute Gasteiger partial charge is 0.365 e. The average Bonchev–Trinajstić information content (AvgIpc) is 2.25. The molecule has 1 aliphatic heterocycles. The minimum absolute atomic E-state index is 0.359. The number of para-hydroxylation sites is 1. The van der Waals surface area contributed by atoms with Crippen LogP contribution in [0.15, 0.2) is 39.1 Å². The lowest BCUT2D eigenvalue weighted by molar-refractivity contribution is 1.12. The van der Waals surface area contributed by atoms with E-state index >= 15 is 0 Å². The number of aliphatic imine (C=N–C) groups is 2. The molecular weight excluding hydrogens is 206 g/mol. The lowest BCUT2D eigenvalue weighted by Crippen LogP contribution is -2.04. The maximum Gasteiger partial charge on any atom is 0.111 e. The molecule has 1 aliphatic rings. The predicted octanol–water partition coefficient (Wildman–Crippen LogP) is 2.65. The molecule has 78 valence electrons. The first-order chi connectivity index (χ1) is 7.36. The molecule has 1 N–H and O–H groups in total. The molecule has 0 spiro atoms. The fourth-order valence-electron chi connectivity index (χ4n) is 1.32. The summed E-state index contributed by atoms with van der Waals surface area (Å²) in [7, 11) is 0. The van der Waals surface area contributed by atoms with E-state index in [1.54, 1.807) is 18.1 Å². The molecule has 2 rings (SSSR count). The highest BCUT2D eigenvalue weighted by molar-refractivity contribution is 8.00. The summed E-state index contributed by atoms with van der Waals surface area (Å²) in [6, 6.07) is 8.26. The number of hydrogen-bond donors (Lipinski definition) is 1. The summed E-state index contributed by atoms with van der Waals surface area (Å²) >= 11 is 1.80. The van der Waals surface area contributed by atoms with Crippen molar-refractivity contribution in [2.24, 2.45) is 9.98 Å². The van der Waals surface area contributed by atoms with Crippen molar-refractivity contribution in [1.29, 1.82) is 0 Å². The molecule has 0 saturated carbocycles. The summed E-state index contributed by atoms with van der Waals surface area (Å²) in [6.45, 7) is 2.70. The average molecular weight is 219 g/mol. The number of anilines is 1. The van der Waals surface area contributed by atoms with Crippen LogP contribution in [0, 0.1) is 0 Å². The molecule has 1 aromatic carbocycles. The van der Waals surface area contributed by atoms with E-state index in [1.165, 1.54) is 4.90 Å². The predicted molar refractivity (Wildman–Crippen MR) is 67.2 cm³/mol. The third-order valence-corrected chi connectivity index (χ3v) is 3.11. The van der Waals surface area contributed by atoms with Crippen LogP contribution in [0.3, 0.4) is 0 Å². The van der Waals surface area contributed by atoms with Crippen molar-refractivity contribution in [3.05, 3.63) is 24.3 Å². The number of hydrogen-bond acceptors (Lipinski definition) is 4. The van der Waals surface area contributed by atoms with Crippen molar-refractivity contribution in [2.45, 2.75) is 17.1 Å². The molecular formula is C11H13N3S. The Kier molecular flexibility index (Phi) is 3.40. The van der Waals surface area contributed by atoms with Gasteiger partial charge < -0.3 is 5.32 Å². The number of benzene rings is 1. The zero-order chi connectivity index (χ0) is 10.5. The van der Waals surface area contributed by atoms with E-state index < -0.39 is 0 Å². The van der Waals surface area contributed by atoms with E-state index in [-0.39, 0.29) is 0 Å². The Bertz CT molecular complexity index is 387. The van der Waals surface area contributed by atoms with E-state index in [9.17, 15) is 0 Å². The summed E-state index contributed by atoms with van der Waals surface area (Å²) in [6.07, 6.45) is 3.51. The van der Waals surface area contributed by atoms with Gasteiger partial charge in [0, 0.05) is 22.0 Å².